The molecule has 0 aliphatic heterocycles. The largest absolute Gasteiger partial charge is 0.497 e. The van der Waals surface area contributed by atoms with Crippen LogP contribution in [0.25, 0.3) is 16.7 Å². The second-order valence-electron chi connectivity index (χ2n) is 7.40. The van der Waals surface area contributed by atoms with Crippen LogP contribution in [0.4, 0.5) is 0 Å². The minimum absolute atomic E-state index is 0.0238. The zero-order valence-electron chi connectivity index (χ0n) is 17.4. The minimum atomic E-state index is -0.0238. The lowest BCUT2D eigenvalue weighted by atomic mass is 10.1. The Balaban J connectivity index is 1.47. The molecule has 1 unspecified atom stereocenters. The van der Waals surface area contributed by atoms with E-state index >= 15 is 0 Å². The van der Waals surface area contributed by atoms with E-state index in [2.05, 4.69) is 39.9 Å². The number of hydrogen-bond acceptors (Lipinski definition) is 3. The smallest absolute Gasteiger partial charge is 0.227 e. The van der Waals surface area contributed by atoms with Gasteiger partial charge in [-0.2, -0.15) is 0 Å². The Morgan fingerprint density at radius 2 is 1.73 bits per heavy atom. The molecular weight excluding hydrogens is 374 g/mol. The van der Waals surface area contributed by atoms with Crippen LogP contribution in [-0.4, -0.2) is 34.5 Å². The van der Waals surface area contributed by atoms with Gasteiger partial charge in [-0.15, -0.1) is 0 Å². The normalized spacial score (nSPS) is 12.0. The van der Waals surface area contributed by atoms with Crippen LogP contribution in [-0.2, 0) is 11.2 Å². The van der Waals surface area contributed by atoms with Gasteiger partial charge in [0.15, 0.2) is 0 Å². The van der Waals surface area contributed by atoms with Gasteiger partial charge in [-0.05, 0) is 54.4 Å². The van der Waals surface area contributed by atoms with Gasteiger partial charge < -0.3 is 9.64 Å². The number of fused-ring (bicyclic) bond motifs is 1. The maximum atomic E-state index is 12.8. The van der Waals surface area contributed by atoms with Gasteiger partial charge in [0.1, 0.15) is 12.1 Å². The molecule has 0 saturated carbocycles. The summed E-state index contributed by atoms with van der Waals surface area (Å²) in [6, 6.07) is 24.0. The third-order valence-electron chi connectivity index (χ3n) is 5.60. The summed E-state index contributed by atoms with van der Waals surface area (Å²) in [5.41, 5.74) is 5.16. The molecule has 5 heteroatoms. The number of methoxy groups -OCH3 is 1. The van der Waals surface area contributed by atoms with Crippen LogP contribution in [0.5, 0.6) is 5.75 Å². The number of likely N-dealkylation sites (N-methyl/N-ethyl adjacent to an activating group) is 1. The number of benzene rings is 3. The maximum absolute atomic E-state index is 12.8. The molecule has 0 bridgehead atoms. The lowest BCUT2D eigenvalue weighted by Crippen LogP contribution is -2.30. The summed E-state index contributed by atoms with van der Waals surface area (Å²) >= 11 is 0. The number of carbonyl (C=O) groups excluding carboxylic acids is 1. The van der Waals surface area contributed by atoms with Crippen molar-refractivity contribution in [3.8, 4) is 11.4 Å². The number of amides is 1. The molecule has 1 heterocycles. The van der Waals surface area contributed by atoms with Crippen molar-refractivity contribution >= 4 is 16.9 Å². The fourth-order valence-corrected chi connectivity index (χ4v) is 3.56. The van der Waals surface area contributed by atoms with Gasteiger partial charge in [-0.3, -0.25) is 9.36 Å². The van der Waals surface area contributed by atoms with Crippen LogP contribution in [0.3, 0.4) is 0 Å². The van der Waals surface area contributed by atoms with Gasteiger partial charge in [-0.1, -0.05) is 36.4 Å². The first-order valence-corrected chi connectivity index (χ1v) is 9.98. The first-order chi connectivity index (χ1) is 14.6. The molecule has 4 rings (SSSR count). The Bertz CT molecular complexity index is 1150. The van der Waals surface area contributed by atoms with E-state index in [1.165, 1.54) is 0 Å². The van der Waals surface area contributed by atoms with Crippen LogP contribution in [0.15, 0.2) is 79.1 Å². The highest BCUT2D eigenvalue weighted by atomic mass is 16.5. The van der Waals surface area contributed by atoms with Gasteiger partial charge in [0, 0.05) is 12.7 Å². The molecule has 0 spiro atoms. The van der Waals surface area contributed by atoms with E-state index in [1.807, 2.05) is 62.8 Å². The number of imidazole rings is 1. The van der Waals surface area contributed by atoms with Gasteiger partial charge in [-0.25, -0.2) is 4.98 Å². The van der Waals surface area contributed by atoms with Gasteiger partial charge in [0.05, 0.1) is 30.6 Å². The monoisotopic (exact) mass is 399 g/mol. The number of para-hydroxylation sites is 2. The Kier molecular flexibility index (Phi) is 5.53. The van der Waals surface area contributed by atoms with E-state index in [1.54, 1.807) is 12.0 Å². The summed E-state index contributed by atoms with van der Waals surface area (Å²) in [4.78, 5) is 19.0. The quantitative estimate of drug-likeness (QED) is 0.468. The lowest BCUT2D eigenvalue weighted by Gasteiger charge is -2.26. The first-order valence-electron chi connectivity index (χ1n) is 9.98. The standard InChI is InChI=1S/C25H25N3O2/c1-18(27(2)25(29)16-19-8-14-22(30-3)15-9-19)20-10-12-21(13-11-20)28-17-26-23-6-4-5-7-24(23)28/h4-15,17-18H,16H2,1-3H3. The van der Waals surface area contributed by atoms with Gasteiger partial charge in [0.25, 0.3) is 0 Å². The maximum Gasteiger partial charge on any atom is 0.227 e. The molecule has 0 radical (unpaired) electrons. The highest BCUT2D eigenvalue weighted by molar-refractivity contribution is 5.79. The second kappa shape index (κ2) is 8.41. The minimum Gasteiger partial charge on any atom is -0.497 e. The summed E-state index contributed by atoms with van der Waals surface area (Å²) in [6.45, 7) is 2.05. The van der Waals surface area contributed by atoms with Crippen LogP contribution >= 0.6 is 0 Å². The number of carbonyl (C=O) groups is 1. The summed E-state index contributed by atoms with van der Waals surface area (Å²) < 4.78 is 7.25. The van der Waals surface area contributed by atoms with Gasteiger partial charge >= 0.3 is 0 Å². The van der Waals surface area contributed by atoms with Crippen molar-refractivity contribution < 1.29 is 9.53 Å². The van der Waals surface area contributed by atoms with E-state index in [-0.39, 0.29) is 11.9 Å². The first kappa shape index (κ1) is 19.7. The number of ether oxygens (including phenoxy) is 1. The highest BCUT2D eigenvalue weighted by Crippen LogP contribution is 2.23. The summed E-state index contributed by atoms with van der Waals surface area (Å²) in [5.74, 6) is 0.871. The van der Waals surface area contributed by atoms with E-state index in [0.29, 0.717) is 6.42 Å². The number of hydrogen-bond donors (Lipinski definition) is 0. The Morgan fingerprint density at radius 3 is 2.43 bits per heavy atom. The predicted molar refractivity (Wildman–Crippen MR) is 119 cm³/mol. The van der Waals surface area contributed by atoms with Crippen LogP contribution in [0.1, 0.15) is 24.1 Å². The number of rotatable bonds is 6. The Morgan fingerprint density at radius 1 is 1.03 bits per heavy atom. The highest BCUT2D eigenvalue weighted by Gasteiger charge is 2.18. The zero-order chi connectivity index (χ0) is 21.1. The molecule has 0 saturated heterocycles. The van der Waals surface area contributed by atoms with Crippen molar-refractivity contribution in [3.05, 3.63) is 90.3 Å². The van der Waals surface area contributed by atoms with Crippen molar-refractivity contribution in [2.45, 2.75) is 19.4 Å². The molecule has 0 aliphatic carbocycles. The predicted octanol–water partition coefficient (Wildman–Crippen LogP) is 4.80. The lowest BCUT2D eigenvalue weighted by molar-refractivity contribution is -0.131. The van der Waals surface area contributed by atoms with Crippen molar-refractivity contribution in [2.75, 3.05) is 14.2 Å². The molecule has 3 aromatic carbocycles. The molecule has 152 valence electrons. The van der Waals surface area contributed by atoms with Crippen molar-refractivity contribution in [1.29, 1.82) is 0 Å². The van der Waals surface area contributed by atoms with Crippen molar-refractivity contribution in [2.24, 2.45) is 0 Å². The fraction of sp³-hybridized carbons (Fsp3) is 0.200. The molecule has 1 atom stereocenters. The Hall–Kier alpha value is -3.60. The summed E-state index contributed by atoms with van der Waals surface area (Å²) in [7, 11) is 3.49. The van der Waals surface area contributed by atoms with Crippen molar-refractivity contribution in [1.82, 2.24) is 14.5 Å². The van der Waals surface area contributed by atoms with E-state index in [4.69, 9.17) is 4.74 Å². The van der Waals surface area contributed by atoms with E-state index < -0.39 is 0 Å². The molecule has 5 nitrogen and oxygen atoms in total. The fourth-order valence-electron chi connectivity index (χ4n) is 3.56. The molecule has 0 fully saturated rings. The van der Waals surface area contributed by atoms with E-state index in [9.17, 15) is 4.79 Å². The molecule has 0 aliphatic rings. The average molecular weight is 399 g/mol. The topological polar surface area (TPSA) is 47.4 Å². The van der Waals surface area contributed by atoms with Gasteiger partial charge in [0.2, 0.25) is 5.91 Å². The number of nitrogens with zero attached hydrogens (tertiary/aromatic N) is 3. The van der Waals surface area contributed by atoms with Crippen LogP contribution in [0.2, 0.25) is 0 Å². The zero-order valence-corrected chi connectivity index (χ0v) is 17.4. The molecule has 4 aromatic rings. The summed E-state index contributed by atoms with van der Waals surface area (Å²) in [6.07, 6.45) is 2.21. The Labute approximate surface area is 176 Å². The van der Waals surface area contributed by atoms with E-state index in [0.717, 1.165) is 33.6 Å². The molecule has 0 N–H and O–H groups in total. The third-order valence-corrected chi connectivity index (χ3v) is 5.60. The average Bonchev–Trinajstić information content (AvgIpc) is 3.23. The molecular formula is C25H25N3O2. The van der Waals surface area contributed by atoms with Crippen LogP contribution < -0.4 is 4.74 Å². The van der Waals surface area contributed by atoms with Crippen molar-refractivity contribution in [3.63, 3.8) is 0 Å². The summed E-state index contributed by atoms with van der Waals surface area (Å²) in [5, 5.41) is 0. The van der Waals surface area contributed by atoms with Crippen LogP contribution in [0, 0.1) is 0 Å². The molecule has 1 amide bonds. The third kappa shape index (κ3) is 3.92. The second-order valence-corrected chi connectivity index (χ2v) is 7.40. The molecule has 1 aromatic heterocycles. The number of aromatic nitrogens is 2. The molecule has 30 heavy (non-hydrogen) atoms. The SMILES string of the molecule is COc1ccc(CC(=O)N(C)C(C)c2ccc(-n3cnc4ccccc43)cc2)cc1.